The molecule has 2 fully saturated rings. The Kier molecular flexibility index (Phi) is 9.77. The predicted octanol–water partition coefficient (Wildman–Crippen LogP) is 3.26. The number of nitrogens with one attached hydrogen (secondary N) is 1. The van der Waals surface area contributed by atoms with Crippen LogP contribution in [0.25, 0.3) is 0 Å². The standard InChI is InChI=1S/C21H34FN5.HI/c1-3-10-25-11-8-18(9-12-25)17-24-21(23-2)27-15-13-26(14-16-27)20-7-5-4-6-19(20)22;/h4-7,18H,3,8-17H2,1-2H3,(H,23,24);1H. The molecule has 5 nitrogen and oxygen atoms in total. The number of rotatable bonds is 5. The smallest absolute Gasteiger partial charge is 0.193 e. The maximum absolute atomic E-state index is 14.0. The average Bonchev–Trinajstić information content (AvgIpc) is 2.71. The molecule has 7 heteroatoms. The highest BCUT2D eigenvalue weighted by molar-refractivity contribution is 14.0. The molecule has 2 aliphatic rings. The minimum absolute atomic E-state index is 0. The lowest BCUT2D eigenvalue weighted by Crippen LogP contribution is -2.53. The van der Waals surface area contributed by atoms with Crippen LogP contribution in [0.4, 0.5) is 10.1 Å². The lowest BCUT2D eigenvalue weighted by molar-refractivity contribution is 0.184. The summed E-state index contributed by atoms with van der Waals surface area (Å²) in [6.07, 6.45) is 3.78. The van der Waals surface area contributed by atoms with Gasteiger partial charge < -0.3 is 20.0 Å². The van der Waals surface area contributed by atoms with Crippen molar-refractivity contribution < 1.29 is 4.39 Å². The van der Waals surface area contributed by atoms with Crippen molar-refractivity contribution in [2.45, 2.75) is 26.2 Å². The fourth-order valence-corrected chi connectivity index (χ4v) is 4.17. The van der Waals surface area contributed by atoms with E-state index in [1.54, 1.807) is 6.07 Å². The van der Waals surface area contributed by atoms with E-state index < -0.39 is 0 Å². The first-order valence-corrected chi connectivity index (χ1v) is 10.4. The van der Waals surface area contributed by atoms with E-state index in [0.717, 1.165) is 44.6 Å². The number of benzene rings is 1. The van der Waals surface area contributed by atoms with Gasteiger partial charge in [-0.25, -0.2) is 4.39 Å². The van der Waals surface area contributed by atoms with Crippen LogP contribution in [0.5, 0.6) is 0 Å². The maximum Gasteiger partial charge on any atom is 0.193 e. The summed E-state index contributed by atoms with van der Waals surface area (Å²) in [6, 6.07) is 7.04. The zero-order valence-corrected chi connectivity index (χ0v) is 19.6. The van der Waals surface area contributed by atoms with E-state index >= 15 is 0 Å². The highest BCUT2D eigenvalue weighted by Gasteiger charge is 2.23. The molecule has 28 heavy (non-hydrogen) atoms. The normalized spacial score (nSPS) is 19.5. The van der Waals surface area contributed by atoms with Crippen LogP contribution in [-0.4, -0.2) is 75.2 Å². The molecule has 0 aromatic heterocycles. The number of guanidine groups is 1. The van der Waals surface area contributed by atoms with Gasteiger partial charge in [0.15, 0.2) is 5.96 Å². The number of nitrogens with zero attached hydrogens (tertiary/aromatic N) is 4. The molecular formula is C21H35FIN5. The number of hydrogen-bond acceptors (Lipinski definition) is 3. The first kappa shape index (κ1) is 23.2. The van der Waals surface area contributed by atoms with Gasteiger partial charge in [0.05, 0.1) is 5.69 Å². The van der Waals surface area contributed by atoms with Crippen LogP contribution >= 0.6 is 24.0 Å². The second-order valence-corrected chi connectivity index (χ2v) is 7.64. The topological polar surface area (TPSA) is 34.1 Å². The number of piperidine rings is 1. The molecule has 2 saturated heterocycles. The van der Waals surface area contributed by atoms with Gasteiger partial charge in [-0.15, -0.1) is 24.0 Å². The SMILES string of the molecule is CCCN1CCC(CNC(=NC)N2CCN(c3ccccc3F)CC2)CC1.I. The lowest BCUT2D eigenvalue weighted by atomic mass is 9.97. The molecule has 1 aromatic rings. The van der Waals surface area contributed by atoms with Crippen LogP contribution in [0.2, 0.25) is 0 Å². The summed E-state index contributed by atoms with van der Waals surface area (Å²) in [7, 11) is 1.86. The Morgan fingerprint density at radius 3 is 2.39 bits per heavy atom. The van der Waals surface area contributed by atoms with E-state index in [2.05, 4.69) is 31.9 Å². The van der Waals surface area contributed by atoms with Gasteiger partial charge >= 0.3 is 0 Å². The summed E-state index contributed by atoms with van der Waals surface area (Å²) in [6.45, 7) is 10.3. The quantitative estimate of drug-likeness (QED) is 0.380. The van der Waals surface area contributed by atoms with E-state index in [0.29, 0.717) is 5.69 Å². The summed E-state index contributed by atoms with van der Waals surface area (Å²) >= 11 is 0. The van der Waals surface area contributed by atoms with Gasteiger partial charge in [-0.05, 0) is 56.9 Å². The number of halogens is 2. The average molecular weight is 503 g/mol. The predicted molar refractivity (Wildman–Crippen MR) is 126 cm³/mol. The third-order valence-electron chi connectivity index (χ3n) is 5.78. The molecule has 3 rings (SSSR count). The Labute approximate surface area is 186 Å². The number of para-hydroxylation sites is 1. The largest absolute Gasteiger partial charge is 0.366 e. The Balaban J connectivity index is 0.00000280. The third-order valence-corrected chi connectivity index (χ3v) is 5.78. The molecular weight excluding hydrogens is 468 g/mol. The lowest BCUT2D eigenvalue weighted by Gasteiger charge is -2.38. The van der Waals surface area contributed by atoms with E-state index in [9.17, 15) is 4.39 Å². The molecule has 0 atom stereocenters. The summed E-state index contributed by atoms with van der Waals surface area (Å²) in [4.78, 5) is 11.5. The Morgan fingerprint density at radius 2 is 1.79 bits per heavy atom. The van der Waals surface area contributed by atoms with Crippen LogP contribution in [0.15, 0.2) is 29.3 Å². The Bertz CT molecular complexity index is 611. The molecule has 2 aliphatic heterocycles. The van der Waals surface area contributed by atoms with Crippen molar-refractivity contribution in [1.82, 2.24) is 15.1 Å². The van der Waals surface area contributed by atoms with Crippen molar-refractivity contribution >= 4 is 35.6 Å². The van der Waals surface area contributed by atoms with Gasteiger partial charge in [-0.2, -0.15) is 0 Å². The molecule has 1 aromatic carbocycles. The van der Waals surface area contributed by atoms with Crippen molar-refractivity contribution in [2.24, 2.45) is 10.9 Å². The molecule has 158 valence electrons. The summed E-state index contributed by atoms with van der Waals surface area (Å²) in [5.74, 6) is 1.58. The van der Waals surface area contributed by atoms with Gasteiger partial charge in [-0.1, -0.05) is 19.1 Å². The van der Waals surface area contributed by atoms with Crippen molar-refractivity contribution in [2.75, 3.05) is 64.3 Å². The zero-order chi connectivity index (χ0) is 19.1. The monoisotopic (exact) mass is 503 g/mol. The molecule has 2 heterocycles. The molecule has 0 amide bonds. The highest BCUT2D eigenvalue weighted by atomic mass is 127. The first-order valence-electron chi connectivity index (χ1n) is 10.4. The maximum atomic E-state index is 14.0. The second kappa shape index (κ2) is 11.8. The van der Waals surface area contributed by atoms with Crippen LogP contribution in [0, 0.1) is 11.7 Å². The number of aliphatic imine (C=N–C) groups is 1. The third kappa shape index (κ3) is 6.20. The summed E-state index contributed by atoms with van der Waals surface area (Å²) in [5.41, 5.74) is 0.707. The van der Waals surface area contributed by atoms with E-state index in [4.69, 9.17) is 0 Å². The molecule has 0 saturated carbocycles. The van der Waals surface area contributed by atoms with Gasteiger partial charge in [0.1, 0.15) is 5.82 Å². The van der Waals surface area contributed by atoms with Gasteiger partial charge in [0.25, 0.3) is 0 Å². The molecule has 0 radical (unpaired) electrons. The summed E-state index contributed by atoms with van der Waals surface area (Å²) < 4.78 is 14.0. The van der Waals surface area contributed by atoms with Crippen LogP contribution < -0.4 is 10.2 Å². The first-order chi connectivity index (χ1) is 13.2. The minimum Gasteiger partial charge on any atom is -0.366 e. The van der Waals surface area contributed by atoms with Gasteiger partial charge in [-0.3, -0.25) is 4.99 Å². The van der Waals surface area contributed by atoms with Gasteiger partial charge in [0.2, 0.25) is 0 Å². The number of anilines is 1. The van der Waals surface area contributed by atoms with Crippen LogP contribution in [0.3, 0.4) is 0 Å². The van der Waals surface area contributed by atoms with E-state index in [1.165, 1.54) is 45.0 Å². The summed E-state index contributed by atoms with van der Waals surface area (Å²) in [5, 5.41) is 3.59. The van der Waals surface area contributed by atoms with Crippen molar-refractivity contribution in [1.29, 1.82) is 0 Å². The van der Waals surface area contributed by atoms with Crippen LogP contribution in [0.1, 0.15) is 26.2 Å². The Hall–Kier alpha value is -1.09. The molecule has 0 bridgehead atoms. The minimum atomic E-state index is -0.136. The van der Waals surface area contributed by atoms with Crippen molar-refractivity contribution in [3.05, 3.63) is 30.1 Å². The Morgan fingerprint density at radius 1 is 1.11 bits per heavy atom. The number of likely N-dealkylation sites (tertiary alicyclic amines) is 1. The van der Waals surface area contributed by atoms with Crippen molar-refractivity contribution in [3.8, 4) is 0 Å². The van der Waals surface area contributed by atoms with E-state index in [1.807, 2.05) is 19.2 Å². The molecule has 0 aliphatic carbocycles. The fourth-order valence-electron chi connectivity index (χ4n) is 4.17. The van der Waals surface area contributed by atoms with Crippen molar-refractivity contribution in [3.63, 3.8) is 0 Å². The molecule has 1 N–H and O–H groups in total. The van der Waals surface area contributed by atoms with Gasteiger partial charge in [0, 0.05) is 39.8 Å². The van der Waals surface area contributed by atoms with Crippen LogP contribution in [-0.2, 0) is 0 Å². The number of piperazine rings is 1. The molecule has 0 unspecified atom stereocenters. The number of hydrogen-bond donors (Lipinski definition) is 1. The fraction of sp³-hybridized carbons (Fsp3) is 0.667. The second-order valence-electron chi connectivity index (χ2n) is 7.64. The zero-order valence-electron chi connectivity index (χ0n) is 17.2. The molecule has 0 spiro atoms. The van der Waals surface area contributed by atoms with E-state index in [-0.39, 0.29) is 29.8 Å². The highest BCUT2D eigenvalue weighted by Crippen LogP contribution is 2.20.